The number of hydrogen-bond donors (Lipinski definition) is 6. The van der Waals surface area contributed by atoms with E-state index in [1.165, 1.54) is 103 Å². The molecule has 0 unspecified atom stereocenters. The number of esters is 4. The number of nitro benzene ring substituents is 6. The van der Waals surface area contributed by atoms with Gasteiger partial charge in [-0.05, 0) is 122 Å². The van der Waals surface area contributed by atoms with Crippen LogP contribution in [0.5, 0.6) is 17.2 Å². The second kappa shape index (κ2) is 65.8. The summed E-state index contributed by atoms with van der Waals surface area (Å²) in [6.45, 7) is 10.9. The van der Waals surface area contributed by atoms with Crippen LogP contribution in [-0.4, -0.2) is 173 Å². The average molecular weight is 2040 g/mol. The molecular weight excluding hydrogens is 1960 g/mol. The number of thioether (sulfide) groups is 2. The van der Waals surface area contributed by atoms with Gasteiger partial charge in [-0.3, -0.25) is 84.8 Å². The molecule has 0 atom stereocenters. The van der Waals surface area contributed by atoms with Crippen molar-refractivity contribution >= 4 is 153 Å². The first-order chi connectivity index (χ1) is 64.1. The van der Waals surface area contributed by atoms with Gasteiger partial charge in [0.1, 0.15) is 37.1 Å². The van der Waals surface area contributed by atoms with Gasteiger partial charge in [0, 0.05) is 95.0 Å². The molecule has 0 fully saturated rings. The van der Waals surface area contributed by atoms with Crippen molar-refractivity contribution in [2.24, 2.45) is 0 Å². The summed E-state index contributed by atoms with van der Waals surface area (Å²) in [5.74, 6) is -2.85. The van der Waals surface area contributed by atoms with Crippen LogP contribution in [0.1, 0.15) is 119 Å². The molecule has 0 saturated carbocycles. The number of nitrogens with zero attached hydrogens (tertiary/aromatic N) is 8. The lowest BCUT2D eigenvalue weighted by molar-refractivity contribution is -0.394. The van der Waals surface area contributed by atoms with Gasteiger partial charge >= 0.3 is 35.8 Å². The minimum Gasteiger partial charge on any atom is -0.508 e. The zero-order valence-corrected chi connectivity index (χ0v) is 77.0. The Hall–Kier alpha value is -15.7. The molecule has 136 heavy (non-hydrogen) atoms. The molecule has 0 radical (unpaired) electrons. The van der Waals surface area contributed by atoms with E-state index in [9.17, 15) is 107 Å². The standard InChI is InChI=1S/C16H14O4S.C13H11NOS.C11H12N2O6.C10H8N2O6.C9H9ClO3.C7H4N2O6.C7H8O3S.C7H6O3.C6H6ClN.C3H5Br.H2O/c17-14-8-6-12(7-9-14)15(18)20-10-11-21-16(19)13-4-2-1-3-5-13;15-13(12-6-2-1-3-7-12)16-10-11-5-4-8-14-9-11;1-2-3-4-19-11(14)8-5-9(12(15)16)7-10(6-8)13(17)18;1-2-3-18-10(13)7-4-8(11(14)15)6-9(5-7)12(16)17;10-5-6-13-9(12)7-1-3-8(11)4-2-7;10-7(11)4-1-5(8(12)13)3-6(2-4)9(14)15;1-6-2-4-7(5-3-6)11(8,9)10;8-6-3-1-5(2-4-6)7(9)10;7-4-6-2-1-3-8-5-6;1-2-3-4;/h1-9,17H,10-11H2;1-9H,10H2;5-7H,2-4H2,1H3;2,4-6H,1,3H2;1-4,11H,5-6H2;1-3H,(H,10,11);2-5H,1H3,(H,8,9,10);1-4,8H,(H,9,10);1-3,5H,4H2;2H,1,3H2;1H2. The summed E-state index contributed by atoms with van der Waals surface area (Å²) >= 11 is 16.4. The predicted octanol–water partition coefficient (Wildman–Crippen LogP) is 18.5. The van der Waals surface area contributed by atoms with E-state index < -0.39 is 115 Å². The number of carbonyl (C=O) groups excluding carboxylic acids is 6. The summed E-state index contributed by atoms with van der Waals surface area (Å²) < 4.78 is 48.9. The third kappa shape index (κ3) is 49.0. The number of unbranched alkanes of at least 4 members (excludes halogenated alkanes) is 1. The topological polar surface area (TPSA) is 645 Å². The molecule has 718 valence electrons. The molecule has 0 aliphatic rings. The summed E-state index contributed by atoms with van der Waals surface area (Å²) in [5.41, 5.74) is 1.10. The highest BCUT2D eigenvalue weighted by Gasteiger charge is 2.24. The number of aromatic hydroxyl groups is 3. The normalized spacial score (nSPS) is 9.69. The van der Waals surface area contributed by atoms with E-state index in [4.69, 9.17) is 67.5 Å². The smallest absolute Gasteiger partial charge is 0.338 e. The molecule has 0 spiro atoms. The van der Waals surface area contributed by atoms with Gasteiger partial charge in [0.05, 0.1) is 98.5 Å². The van der Waals surface area contributed by atoms with E-state index in [-0.39, 0.29) is 86.8 Å². The lowest BCUT2D eigenvalue weighted by Crippen LogP contribution is -2.08. The number of halogens is 3. The Morgan fingerprint density at radius 1 is 0.434 bits per heavy atom. The first kappa shape index (κ1) is 118. The number of carbonyl (C=O) groups is 8. The molecule has 0 aliphatic heterocycles. The Kier molecular flexibility index (Phi) is 57.3. The molecule has 11 rings (SSSR count). The van der Waals surface area contributed by atoms with Gasteiger partial charge < -0.3 is 50.0 Å². The number of aromatic nitrogens is 2. The lowest BCUT2D eigenvalue weighted by Gasteiger charge is -2.04. The van der Waals surface area contributed by atoms with Crippen LogP contribution in [0, 0.1) is 67.6 Å². The van der Waals surface area contributed by atoms with E-state index in [2.05, 4.69) is 43.8 Å². The Balaban J connectivity index is 0.000000769. The van der Waals surface area contributed by atoms with Gasteiger partial charge in [0.2, 0.25) is 10.2 Å². The maximum atomic E-state index is 11.8. The van der Waals surface area contributed by atoms with Gasteiger partial charge in [0.15, 0.2) is 0 Å². The molecule has 9 aromatic carbocycles. The monoisotopic (exact) mass is 2040 g/mol. The number of ether oxygens (including phenoxy) is 4. The van der Waals surface area contributed by atoms with Crippen molar-refractivity contribution in [2.45, 2.75) is 43.2 Å². The van der Waals surface area contributed by atoms with Crippen molar-refractivity contribution in [1.29, 1.82) is 0 Å². The van der Waals surface area contributed by atoms with E-state index in [0.29, 0.717) is 46.6 Å². The van der Waals surface area contributed by atoms with Crippen LogP contribution in [0.2, 0.25) is 0 Å². The molecule has 47 heteroatoms. The minimum absolute atomic E-state index is 0. The van der Waals surface area contributed by atoms with Crippen LogP contribution in [0.15, 0.2) is 292 Å². The van der Waals surface area contributed by atoms with Gasteiger partial charge in [-0.1, -0.05) is 162 Å². The number of benzene rings is 9. The number of hydrogen-bond acceptors (Lipinski definition) is 33. The van der Waals surface area contributed by atoms with Gasteiger partial charge in [-0.25, -0.2) is 28.8 Å². The van der Waals surface area contributed by atoms with Crippen molar-refractivity contribution in [3.8, 4) is 17.2 Å². The predicted molar refractivity (Wildman–Crippen MR) is 506 cm³/mol. The van der Waals surface area contributed by atoms with Crippen molar-refractivity contribution in [3.63, 3.8) is 0 Å². The van der Waals surface area contributed by atoms with Gasteiger partial charge in [-0.15, -0.1) is 29.8 Å². The van der Waals surface area contributed by atoms with Crippen LogP contribution in [0.25, 0.3) is 0 Å². The van der Waals surface area contributed by atoms with Gasteiger partial charge in [0.25, 0.3) is 44.2 Å². The van der Waals surface area contributed by atoms with Crippen LogP contribution in [0.4, 0.5) is 34.1 Å². The second-order valence-corrected chi connectivity index (χ2v) is 30.1. The number of nitro groups is 6. The highest BCUT2D eigenvalue weighted by molar-refractivity contribution is 9.09. The number of aryl methyl sites for hydroxylation is 1. The molecule has 8 N–H and O–H groups in total. The fourth-order valence-electron chi connectivity index (χ4n) is 8.89. The van der Waals surface area contributed by atoms with Crippen LogP contribution in [-0.2, 0) is 40.7 Å². The van der Waals surface area contributed by atoms with Crippen molar-refractivity contribution in [1.82, 2.24) is 9.97 Å². The maximum absolute atomic E-state index is 11.8. The molecule has 11 aromatic rings. The number of carboxylic acid groups (broad SMARTS) is 2. The van der Waals surface area contributed by atoms with Crippen LogP contribution < -0.4 is 0 Å². The van der Waals surface area contributed by atoms with E-state index in [0.717, 1.165) is 94.3 Å². The number of pyridine rings is 2. The van der Waals surface area contributed by atoms with Crippen molar-refractivity contribution in [3.05, 3.63) is 409 Å². The Bertz CT molecular complexity index is 5740. The van der Waals surface area contributed by atoms with Gasteiger partial charge in [-0.2, -0.15) is 8.42 Å². The Morgan fingerprint density at radius 3 is 1.09 bits per heavy atom. The van der Waals surface area contributed by atoms with E-state index in [1.807, 2.05) is 74.5 Å². The fourth-order valence-corrected chi connectivity index (χ4v) is 11.0. The number of rotatable bonds is 29. The first-order valence-electron chi connectivity index (χ1n) is 38.1. The largest absolute Gasteiger partial charge is 0.508 e. The molecule has 0 amide bonds. The number of phenolic OH excluding ortho intramolecular Hbond substituents is 3. The van der Waals surface area contributed by atoms with Crippen LogP contribution in [0.3, 0.4) is 0 Å². The SMILES string of the molecule is C=CCBr.C=CCOC(=O)c1cc([N+](=O)[O-])cc([N+](=O)[O-])c1.CCCCOC(=O)c1cc([N+](=O)[O-])cc([N+](=O)[O-])c1.Cc1ccc(S(=O)(=O)O)cc1.ClCc1cccnc1.O.O=C(O)c1cc([N+](=O)[O-])cc([N+](=O)[O-])c1.O=C(O)c1ccc(O)cc1.O=C(OCCCl)c1ccc(O)cc1.O=C(OCCSC(=O)c1ccccc1)c1ccc(O)cc1.O=C(SCc1cccnc1)c1ccccc1. The number of carboxylic acids is 2. The number of non-ortho nitro benzene ring substituents is 6. The molecule has 0 aliphatic carbocycles. The molecule has 2 aromatic heterocycles. The molecule has 2 heterocycles. The summed E-state index contributed by atoms with van der Waals surface area (Å²) in [6.07, 6.45) is 11.6. The summed E-state index contributed by atoms with van der Waals surface area (Å²) in [7, 11) is -4.02. The number of alkyl halides is 3. The highest BCUT2D eigenvalue weighted by Crippen LogP contribution is 2.27. The van der Waals surface area contributed by atoms with Crippen LogP contribution >= 0.6 is 62.7 Å². The Morgan fingerprint density at radius 2 is 0.772 bits per heavy atom. The molecule has 41 nitrogen and oxygen atoms in total. The molecule has 0 saturated heterocycles. The van der Waals surface area contributed by atoms with E-state index >= 15 is 0 Å². The lowest BCUT2D eigenvalue weighted by atomic mass is 10.2. The molecule has 0 bridgehead atoms. The summed E-state index contributed by atoms with van der Waals surface area (Å²) in [6, 6.07) is 56.5. The number of phenols is 3. The van der Waals surface area contributed by atoms with E-state index in [1.54, 1.807) is 67.3 Å². The summed E-state index contributed by atoms with van der Waals surface area (Å²) in [5, 5.41) is 108. The summed E-state index contributed by atoms with van der Waals surface area (Å²) in [4.78, 5) is 156. The zero-order chi connectivity index (χ0) is 101. The highest BCUT2D eigenvalue weighted by atomic mass is 79.9. The van der Waals surface area contributed by atoms with Crippen molar-refractivity contribution in [2.75, 3.05) is 43.4 Å². The Labute approximate surface area is 801 Å². The third-order valence-corrected chi connectivity index (χ3v) is 19.0. The maximum Gasteiger partial charge on any atom is 0.338 e. The third-order valence-electron chi connectivity index (χ3n) is 15.4. The molecular formula is C89H85BrCl2N8O33S3. The van der Waals surface area contributed by atoms with Crippen molar-refractivity contribution < 1.29 is 131 Å². The zero-order valence-electron chi connectivity index (χ0n) is 71.4. The fraction of sp³-hybridized carbons (Fsp3) is 0.146. The first-order valence-corrected chi connectivity index (χ1v) is 43.7. The number of allylic oxidation sites excluding steroid dienone is 1. The second-order valence-electron chi connectivity index (χ2n) is 25.4. The minimum atomic E-state index is -4.02. The average Bonchev–Trinajstić information content (AvgIpc) is 0.832. The number of aromatic carboxylic acids is 2. The quantitative estimate of drug-likeness (QED) is 0.00370.